The number of nitrogens with one attached hydrogen (secondary N) is 1. The number of aromatic amines is 1. The zero-order valence-electron chi connectivity index (χ0n) is 16.0. The molecule has 8 nitrogen and oxygen atoms in total. The van der Waals surface area contributed by atoms with Gasteiger partial charge in [-0.05, 0) is 25.5 Å². The van der Waals surface area contributed by atoms with Crippen molar-refractivity contribution < 1.29 is 22.0 Å². The summed E-state index contributed by atoms with van der Waals surface area (Å²) in [5, 5.41) is 7.11. The van der Waals surface area contributed by atoms with Gasteiger partial charge in [-0.15, -0.1) is 0 Å². The number of H-pyrrole nitrogens is 1. The van der Waals surface area contributed by atoms with Crippen LogP contribution in [0.25, 0.3) is 0 Å². The molecule has 0 bridgehead atoms. The monoisotopic (exact) mass is 425 g/mol. The van der Waals surface area contributed by atoms with Crippen LogP contribution in [-0.4, -0.2) is 64.9 Å². The number of sulfonamides is 1. The van der Waals surface area contributed by atoms with Crippen LogP contribution in [0.15, 0.2) is 23.1 Å². The maximum Gasteiger partial charge on any atom is 0.245 e. The second-order valence-corrected chi connectivity index (χ2v) is 9.59. The summed E-state index contributed by atoms with van der Waals surface area (Å²) in [6.07, 6.45) is 0.390. The van der Waals surface area contributed by atoms with Crippen molar-refractivity contribution in [2.24, 2.45) is 5.92 Å². The van der Waals surface area contributed by atoms with Crippen molar-refractivity contribution in [2.45, 2.75) is 30.6 Å². The number of nitrogens with zero attached hydrogens (tertiary/aromatic N) is 4. The summed E-state index contributed by atoms with van der Waals surface area (Å²) in [5.74, 6) is -1.11. The van der Waals surface area contributed by atoms with Crippen LogP contribution in [0, 0.1) is 24.5 Å². The van der Waals surface area contributed by atoms with Crippen molar-refractivity contribution in [3.63, 3.8) is 0 Å². The SMILES string of the molecule is CC(=O)N1C[C@H]2CN(S(=O)(=O)c3ccc(F)cc3F)CC[C@@]2(c2n[nH]c(C)n2)C1. The third-order valence-corrected chi connectivity index (χ3v) is 7.82. The highest BCUT2D eigenvalue weighted by atomic mass is 32.2. The smallest absolute Gasteiger partial charge is 0.245 e. The van der Waals surface area contributed by atoms with Gasteiger partial charge < -0.3 is 4.90 Å². The van der Waals surface area contributed by atoms with E-state index in [0.717, 1.165) is 12.1 Å². The number of aryl methyl sites for hydroxylation is 1. The molecule has 0 spiro atoms. The van der Waals surface area contributed by atoms with Crippen LogP contribution in [-0.2, 0) is 20.2 Å². The first-order chi connectivity index (χ1) is 13.6. The van der Waals surface area contributed by atoms with E-state index >= 15 is 0 Å². The Morgan fingerprint density at radius 1 is 1.31 bits per heavy atom. The van der Waals surface area contributed by atoms with Gasteiger partial charge in [0.1, 0.15) is 22.4 Å². The maximum atomic E-state index is 14.2. The quantitative estimate of drug-likeness (QED) is 0.797. The second kappa shape index (κ2) is 6.84. The van der Waals surface area contributed by atoms with Gasteiger partial charge in [-0.2, -0.15) is 9.40 Å². The number of amides is 1. The standard InChI is InChI=1S/C18H21F2N5O3S/c1-11-21-17(23-22-11)18-5-6-25(9-13(18)8-24(10-18)12(2)26)29(27,28)16-4-3-14(19)7-15(16)20/h3-4,7,13H,5-6,8-10H2,1-2H3,(H,21,22,23)/t13-,18+/m0/s1. The molecule has 2 aliphatic heterocycles. The molecule has 0 unspecified atom stereocenters. The lowest BCUT2D eigenvalue weighted by Crippen LogP contribution is -2.51. The fraction of sp³-hybridized carbons (Fsp3) is 0.500. The Balaban J connectivity index is 1.68. The van der Waals surface area contributed by atoms with Gasteiger partial charge in [0, 0.05) is 45.1 Å². The Morgan fingerprint density at radius 2 is 2.07 bits per heavy atom. The molecule has 0 radical (unpaired) electrons. The first kappa shape index (κ1) is 19.9. The second-order valence-electron chi connectivity index (χ2n) is 7.68. The molecule has 1 aromatic heterocycles. The van der Waals surface area contributed by atoms with E-state index < -0.39 is 32.0 Å². The number of rotatable bonds is 3. The molecule has 0 saturated carbocycles. The van der Waals surface area contributed by atoms with Crippen molar-refractivity contribution in [1.82, 2.24) is 24.4 Å². The molecule has 2 saturated heterocycles. The number of halogens is 2. The van der Waals surface area contributed by atoms with E-state index in [4.69, 9.17) is 0 Å². The summed E-state index contributed by atoms with van der Waals surface area (Å²) < 4.78 is 54.6. The highest BCUT2D eigenvalue weighted by Crippen LogP contribution is 2.45. The number of hydrogen-bond donors (Lipinski definition) is 1. The number of carbonyl (C=O) groups is 1. The summed E-state index contributed by atoms with van der Waals surface area (Å²) in [6, 6.07) is 2.43. The molecular formula is C18H21F2N5O3S. The molecule has 2 aliphatic rings. The van der Waals surface area contributed by atoms with Crippen LogP contribution >= 0.6 is 0 Å². The number of carbonyl (C=O) groups excluding carboxylic acids is 1. The van der Waals surface area contributed by atoms with Gasteiger partial charge >= 0.3 is 0 Å². The predicted molar refractivity (Wildman–Crippen MR) is 98.3 cm³/mol. The van der Waals surface area contributed by atoms with Gasteiger partial charge in [-0.1, -0.05) is 0 Å². The molecule has 1 N–H and O–H groups in total. The summed E-state index contributed by atoms with van der Waals surface area (Å²) in [4.78, 5) is 17.6. The summed E-state index contributed by atoms with van der Waals surface area (Å²) in [5.41, 5.74) is -0.566. The van der Waals surface area contributed by atoms with Crippen LogP contribution < -0.4 is 0 Å². The minimum atomic E-state index is -4.15. The zero-order chi connectivity index (χ0) is 21.0. The third-order valence-electron chi connectivity index (χ3n) is 5.93. The Bertz CT molecular complexity index is 1070. The number of likely N-dealkylation sites (tertiary alicyclic amines) is 1. The number of hydrogen-bond acceptors (Lipinski definition) is 5. The summed E-state index contributed by atoms with van der Waals surface area (Å²) in [7, 11) is -4.15. The van der Waals surface area contributed by atoms with Crippen LogP contribution in [0.2, 0.25) is 0 Å². The highest BCUT2D eigenvalue weighted by Gasteiger charge is 2.55. The first-order valence-electron chi connectivity index (χ1n) is 9.24. The average molecular weight is 425 g/mol. The topological polar surface area (TPSA) is 99.3 Å². The molecule has 0 aliphatic carbocycles. The van der Waals surface area contributed by atoms with Crippen molar-refractivity contribution in [3.05, 3.63) is 41.5 Å². The van der Waals surface area contributed by atoms with Crippen LogP contribution in [0.3, 0.4) is 0 Å². The lowest BCUT2D eigenvalue weighted by Gasteiger charge is -2.40. The molecule has 4 rings (SSSR count). The minimum absolute atomic E-state index is 0.0938. The van der Waals surface area contributed by atoms with Gasteiger partial charge in [0.2, 0.25) is 15.9 Å². The predicted octanol–water partition coefficient (Wildman–Crippen LogP) is 1.20. The van der Waals surface area contributed by atoms with E-state index in [9.17, 15) is 22.0 Å². The van der Waals surface area contributed by atoms with E-state index in [1.54, 1.807) is 11.8 Å². The van der Waals surface area contributed by atoms with E-state index in [-0.39, 0.29) is 24.9 Å². The number of aromatic nitrogens is 3. The molecule has 156 valence electrons. The Morgan fingerprint density at radius 3 is 2.69 bits per heavy atom. The van der Waals surface area contributed by atoms with Gasteiger partial charge in [0.15, 0.2) is 5.82 Å². The molecule has 2 atom stereocenters. The Kier molecular flexibility index (Phi) is 4.69. The number of benzene rings is 1. The van der Waals surface area contributed by atoms with E-state index in [2.05, 4.69) is 15.2 Å². The summed E-state index contributed by atoms with van der Waals surface area (Å²) >= 11 is 0. The first-order valence-corrected chi connectivity index (χ1v) is 10.7. The van der Waals surface area contributed by atoms with Crippen LogP contribution in [0.1, 0.15) is 25.0 Å². The lowest BCUT2D eigenvalue weighted by atomic mass is 9.72. The van der Waals surface area contributed by atoms with Crippen molar-refractivity contribution >= 4 is 15.9 Å². The maximum absolute atomic E-state index is 14.2. The lowest BCUT2D eigenvalue weighted by molar-refractivity contribution is -0.128. The van der Waals surface area contributed by atoms with Gasteiger partial charge in [0.05, 0.1) is 5.41 Å². The summed E-state index contributed by atoms with van der Waals surface area (Å²) in [6.45, 7) is 4.23. The third kappa shape index (κ3) is 3.21. The van der Waals surface area contributed by atoms with Gasteiger partial charge in [0.25, 0.3) is 0 Å². The van der Waals surface area contributed by atoms with Gasteiger partial charge in [-0.25, -0.2) is 22.2 Å². The van der Waals surface area contributed by atoms with E-state index in [1.807, 2.05) is 0 Å². The molecule has 1 amide bonds. The van der Waals surface area contributed by atoms with Crippen LogP contribution in [0.5, 0.6) is 0 Å². The molecular weight excluding hydrogens is 404 g/mol. The fourth-order valence-corrected chi connectivity index (χ4v) is 5.90. The van der Waals surface area contributed by atoms with Crippen molar-refractivity contribution in [1.29, 1.82) is 0 Å². The molecule has 1 aromatic carbocycles. The molecule has 3 heterocycles. The molecule has 11 heteroatoms. The highest BCUT2D eigenvalue weighted by molar-refractivity contribution is 7.89. The molecule has 2 aromatic rings. The average Bonchev–Trinajstić information content (AvgIpc) is 3.25. The van der Waals surface area contributed by atoms with E-state index in [1.165, 1.54) is 11.2 Å². The van der Waals surface area contributed by atoms with Crippen molar-refractivity contribution in [3.8, 4) is 0 Å². The number of piperidine rings is 1. The molecule has 2 fully saturated rings. The van der Waals surface area contributed by atoms with Crippen molar-refractivity contribution in [2.75, 3.05) is 26.2 Å². The Hall–Kier alpha value is -2.40. The fourth-order valence-electron chi connectivity index (χ4n) is 4.36. The Labute approximate surface area is 167 Å². The molecule has 29 heavy (non-hydrogen) atoms. The van der Waals surface area contributed by atoms with Crippen LogP contribution in [0.4, 0.5) is 8.78 Å². The van der Waals surface area contributed by atoms with E-state index in [0.29, 0.717) is 37.2 Å². The zero-order valence-corrected chi connectivity index (χ0v) is 16.8. The van der Waals surface area contributed by atoms with Gasteiger partial charge in [-0.3, -0.25) is 9.89 Å². The number of fused-ring (bicyclic) bond motifs is 1. The normalized spacial score (nSPS) is 25.2. The largest absolute Gasteiger partial charge is 0.342 e. The minimum Gasteiger partial charge on any atom is -0.342 e.